The standard InChI is InChI=1S/C15H23N3O/c1-17-8-10-18(11-9-17)12-13-2-4-14(5-3-13)15(19)6-7-16/h2-5H,6-12,16H2,1H3. The smallest absolute Gasteiger partial charge is 0.164 e. The summed E-state index contributed by atoms with van der Waals surface area (Å²) in [6, 6.07) is 7.96. The van der Waals surface area contributed by atoms with E-state index in [2.05, 4.69) is 29.0 Å². The van der Waals surface area contributed by atoms with Gasteiger partial charge < -0.3 is 10.6 Å². The van der Waals surface area contributed by atoms with Crippen molar-refractivity contribution in [1.82, 2.24) is 9.80 Å². The second kappa shape index (κ2) is 6.80. The van der Waals surface area contributed by atoms with Gasteiger partial charge in [0.15, 0.2) is 5.78 Å². The zero-order valence-electron chi connectivity index (χ0n) is 11.6. The predicted molar refractivity (Wildman–Crippen MR) is 77.2 cm³/mol. The number of hydrogen-bond acceptors (Lipinski definition) is 4. The molecular weight excluding hydrogens is 238 g/mol. The van der Waals surface area contributed by atoms with Gasteiger partial charge in [-0.15, -0.1) is 0 Å². The maximum Gasteiger partial charge on any atom is 0.164 e. The van der Waals surface area contributed by atoms with Gasteiger partial charge in [0.2, 0.25) is 0 Å². The predicted octanol–water partition coefficient (Wildman–Crippen LogP) is 0.965. The highest BCUT2D eigenvalue weighted by Crippen LogP contribution is 2.10. The molecule has 0 bridgehead atoms. The third-order valence-electron chi connectivity index (χ3n) is 3.65. The number of Topliss-reactive ketones (excluding diaryl/α,β-unsaturated/α-hetero) is 1. The number of hydrogen-bond donors (Lipinski definition) is 1. The van der Waals surface area contributed by atoms with Crippen molar-refractivity contribution >= 4 is 5.78 Å². The number of piperazine rings is 1. The number of rotatable bonds is 5. The van der Waals surface area contributed by atoms with E-state index < -0.39 is 0 Å². The van der Waals surface area contributed by atoms with Crippen LogP contribution >= 0.6 is 0 Å². The molecule has 1 aliphatic heterocycles. The van der Waals surface area contributed by atoms with Gasteiger partial charge in [-0.25, -0.2) is 0 Å². The Morgan fingerprint density at radius 3 is 2.37 bits per heavy atom. The number of carbonyl (C=O) groups excluding carboxylic acids is 1. The zero-order chi connectivity index (χ0) is 13.7. The number of carbonyl (C=O) groups is 1. The van der Waals surface area contributed by atoms with Crippen LogP contribution in [0.4, 0.5) is 0 Å². The average Bonchev–Trinajstić information content (AvgIpc) is 2.42. The fourth-order valence-corrected chi connectivity index (χ4v) is 2.34. The maximum absolute atomic E-state index is 11.7. The van der Waals surface area contributed by atoms with Crippen LogP contribution in [0.15, 0.2) is 24.3 Å². The number of nitrogens with zero attached hydrogens (tertiary/aromatic N) is 2. The molecule has 0 saturated carbocycles. The molecule has 0 radical (unpaired) electrons. The maximum atomic E-state index is 11.7. The van der Waals surface area contributed by atoms with Crippen molar-refractivity contribution in [2.75, 3.05) is 39.8 Å². The molecular formula is C15H23N3O. The van der Waals surface area contributed by atoms with Crippen LogP contribution in [0.5, 0.6) is 0 Å². The number of benzene rings is 1. The van der Waals surface area contributed by atoms with E-state index in [4.69, 9.17) is 5.73 Å². The molecule has 1 saturated heterocycles. The molecule has 0 aromatic heterocycles. The van der Waals surface area contributed by atoms with Crippen molar-refractivity contribution in [3.63, 3.8) is 0 Å². The van der Waals surface area contributed by atoms with Crippen LogP contribution in [0.3, 0.4) is 0 Å². The summed E-state index contributed by atoms with van der Waals surface area (Å²) in [5, 5.41) is 0. The molecule has 1 aromatic rings. The Morgan fingerprint density at radius 1 is 1.16 bits per heavy atom. The van der Waals surface area contributed by atoms with Crippen LogP contribution in [-0.4, -0.2) is 55.4 Å². The van der Waals surface area contributed by atoms with Gasteiger partial charge in [-0.1, -0.05) is 24.3 Å². The first-order valence-corrected chi connectivity index (χ1v) is 6.92. The highest BCUT2D eigenvalue weighted by molar-refractivity contribution is 5.96. The Labute approximate surface area is 115 Å². The Bertz CT molecular complexity index is 408. The monoisotopic (exact) mass is 261 g/mol. The van der Waals surface area contributed by atoms with Gasteiger partial charge >= 0.3 is 0 Å². The zero-order valence-corrected chi connectivity index (χ0v) is 11.6. The normalized spacial score (nSPS) is 17.6. The molecule has 0 spiro atoms. The van der Waals surface area contributed by atoms with Crippen molar-refractivity contribution in [2.24, 2.45) is 5.73 Å². The fourth-order valence-electron chi connectivity index (χ4n) is 2.34. The average molecular weight is 261 g/mol. The first kappa shape index (κ1) is 14.2. The lowest BCUT2D eigenvalue weighted by molar-refractivity contribution is 0.0985. The van der Waals surface area contributed by atoms with E-state index in [0.29, 0.717) is 13.0 Å². The summed E-state index contributed by atoms with van der Waals surface area (Å²) in [6.07, 6.45) is 0.428. The first-order chi connectivity index (χ1) is 9.19. The van der Waals surface area contributed by atoms with Crippen LogP contribution in [0.25, 0.3) is 0 Å². The van der Waals surface area contributed by atoms with Crippen molar-refractivity contribution in [3.8, 4) is 0 Å². The molecule has 4 heteroatoms. The van der Waals surface area contributed by atoms with Crippen molar-refractivity contribution in [3.05, 3.63) is 35.4 Å². The van der Waals surface area contributed by atoms with Gasteiger partial charge in [-0.3, -0.25) is 9.69 Å². The summed E-state index contributed by atoms with van der Waals surface area (Å²) in [6.45, 7) is 5.88. The highest BCUT2D eigenvalue weighted by atomic mass is 16.1. The van der Waals surface area contributed by atoms with Crippen LogP contribution < -0.4 is 5.73 Å². The van der Waals surface area contributed by atoms with E-state index in [1.165, 1.54) is 5.56 Å². The van der Waals surface area contributed by atoms with E-state index in [9.17, 15) is 4.79 Å². The minimum absolute atomic E-state index is 0.133. The molecule has 2 N–H and O–H groups in total. The highest BCUT2D eigenvalue weighted by Gasteiger charge is 2.13. The van der Waals surface area contributed by atoms with E-state index in [1.807, 2.05) is 12.1 Å². The minimum Gasteiger partial charge on any atom is -0.330 e. The quantitative estimate of drug-likeness (QED) is 0.802. The van der Waals surface area contributed by atoms with Gasteiger partial charge in [0.05, 0.1) is 0 Å². The summed E-state index contributed by atoms with van der Waals surface area (Å²) < 4.78 is 0. The minimum atomic E-state index is 0.133. The van der Waals surface area contributed by atoms with Crippen LogP contribution in [0.2, 0.25) is 0 Å². The van der Waals surface area contributed by atoms with Gasteiger partial charge in [0.25, 0.3) is 0 Å². The molecule has 2 rings (SSSR count). The van der Waals surface area contributed by atoms with E-state index in [-0.39, 0.29) is 5.78 Å². The van der Waals surface area contributed by atoms with E-state index >= 15 is 0 Å². The van der Waals surface area contributed by atoms with Crippen molar-refractivity contribution in [1.29, 1.82) is 0 Å². The second-order valence-corrected chi connectivity index (χ2v) is 5.24. The second-order valence-electron chi connectivity index (χ2n) is 5.24. The lowest BCUT2D eigenvalue weighted by Gasteiger charge is -2.32. The van der Waals surface area contributed by atoms with Crippen molar-refractivity contribution < 1.29 is 4.79 Å². The molecule has 0 atom stereocenters. The summed E-state index contributed by atoms with van der Waals surface area (Å²) in [4.78, 5) is 16.5. The van der Waals surface area contributed by atoms with Gasteiger partial charge in [0.1, 0.15) is 0 Å². The molecule has 1 fully saturated rings. The van der Waals surface area contributed by atoms with E-state index in [1.54, 1.807) is 0 Å². The third-order valence-corrected chi connectivity index (χ3v) is 3.65. The fraction of sp³-hybridized carbons (Fsp3) is 0.533. The SMILES string of the molecule is CN1CCN(Cc2ccc(C(=O)CCN)cc2)CC1. The molecule has 1 aromatic carbocycles. The summed E-state index contributed by atoms with van der Waals surface area (Å²) in [5.41, 5.74) is 7.44. The Kier molecular flexibility index (Phi) is 5.07. The molecule has 1 heterocycles. The number of nitrogens with two attached hydrogens (primary N) is 1. The van der Waals surface area contributed by atoms with Crippen LogP contribution in [0, 0.1) is 0 Å². The third kappa shape index (κ3) is 4.13. The lowest BCUT2D eigenvalue weighted by atomic mass is 10.1. The first-order valence-electron chi connectivity index (χ1n) is 6.92. The van der Waals surface area contributed by atoms with Crippen molar-refractivity contribution in [2.45, 2.75) is 13.0 Å². The molecule has 1 aliphatic rings. The topological polar surface area (TPSA) is 49.6 Å². The van der Waals surface area contributed by atoms with E-state index in [0.717, 1.165) is 38.3 Å². The number of likely N-dealkylation sites (N-methyl/N-ethyl adjacent to an activating group) is 1. The van der Waals surface area contributed by atoms with Crippen LogP contribution in [0.1, 0.15) is 22.3 Å². The molecule has 0 aliphatic carbocycles. The Hall–Kier alpha value is -1.23. The lowest BCUT2D eigenvalue weighted by Crippen LogP contribution is -2.43. The largest absolute Gasteiger partial charge is 0.330 e. The summed E-state index contributed by atoms with van der Waals surface area (Å²) >= 11 is 0. The molecule has 4 nitrogen and oxygen atoms in total. The molecule has 0 unspecified atom stereocenters. The Balaban J connectivity index is 1.90. The summed E-state index contributed by atoms with van der Waals surface area (Å²) in [5.74, 6) is 0.133. The number of ketones is 1. The molecule has 104 valence electrons. The molecule has 19 heavy (non-hydrogen) atoms. The summed E-state index contributed by atoms with van der Waals surface area (Å²) in [7, 11) is 2.16. The van der Waals surface area contributed by atoms with Gasteiger partial charge in [-0.05, 0) is 19.2 Å². The Morgan fingerprint density at radius 2 is 1.79 bits per heavy atom. The van der Waals surface area contributed by atoms with Crippen LogP contribution in [-0.2, 0) is 6.54 Å². The van der Waals surface area contributed by atoms with Gasteiger partial charge in [0, 0.05) is 44.7 Å². The molecule has 0 amide bonds. The van der Waals surface area contributed by atoms with Gasteiger partial charge in [-0.2, -0.15) is 0 Å².